The standard InChI is InChI=1S/C13H20N2O3/c1-5-15(8-11(16)14-9(2)3)13(17)12-10(4)6-7-18-12/h6-7,9H,5,8H2,1-4H3,(H,14,16). The van der Waals surface area contributed by atoms with Crippen molar-refractivity contribution >= 4 is 11.8 Å². The Morgan fingerprint density at radius 2 is 2.11 bits per heavy atom. The maximum Gasteiger partial charge on any atom is 0.290 e. The maximum absolute atomic E-state index is 12.1. The van der Waals surface area contributed by atoms with Crippen molar-refractivity contribution in [3.05, 3.63) is 23.7 Å². The van der Waals surface area contributed by atoms with Crippen LogP contribution in [0.2, 0.25) is 0 Å². The van der Waals surface area contributed by atoms with Gasteiger partial charge in [0.15, 0.2) is 5.76 Å². The Kier molecular flexibility index (Phi) is 4.95. The van der Waals surface area contributed by atoms with Gasteiger partial charge in [-0.1, -0.05) is 0 Å². The minimum atomic E-state index is -0.251. The van der Waals surface area contributed by atoms with Gasteiger partial charge in [-0.2, -0.15) is 0 Å². The average molecular weight is 252 g/mol. The van der Waals surface area contributed by atoms with Gasteiger partial charge in [0, 0.05) is 18.2 Å². The van der Waals surface area contributed by atoms with E-state index in [1.165, 1.54) is 11.2 Å². The fraction of sp³-hybridized carbons (Fsp3) is 0.538. The van der Waals surface area contributed by atoms with E-state index in [1.807, 2.05) is 20.8 Å². The molecule has 100 valence electrons. The van der Waals surface area contributed by atoms with Crippen LogP contribution in [0.3, 0.4) is 0 Å². The summed E-state index contributed by atoms with van der Waals surface area (Å²) in [5.74, 6) is -0.113. The summed E-state index contributed by atoms with van der Waals surface area (Å²) < 4.78 is 5.15. The van der Waals surface area contributed by atoms with E-state index >= 15 is 0 Å². The molecule has 0 saturated carbocycles. The molecule has 1 rings (SSSR count). The molecule has 0 atom stereocenters. The zero-order valence-electron chi connectivity index (χ0n) is 11.3. The number of amides is 2. The van der Waals surface area contributed by atoms with E-state index in [-0.39, 0.29) is 24.4 Å². The van der Waals surface area contributed by atoms with Gasteiger partial charge < -0.3 is 14.6 Å². The molecule has 0 saturated heterocycles. The van der Waals surface area contributed by atoms with Crippen molar-refractivity contribution in [2.24, 2.45) is 0 Å². The van der Waals surface area contributed by atoms with Gasteiger partial charge in [-0.15, -0.1) is 0 Å². The number of carbonyl (C=O) groups excluding carboxylic acids is 2. The lowest BCUT2D eigenvalue weighted by Crippen LogP contribution is -2.42. The van der Waals surface area contributed by atoms with Crippen LogP contribution in [0.15, 0.2) is 16.7 Å². The number of aryl methyl sites for hydroxylation is 1. The third kappa shape index (κ3) is 3.61. The van der Waals surface area contributed by atoms with Crippen LogP contribution in [-0.2, 0) is 4.79 Å². The van der Waals surface area contributed by atoms with Crippen molar-refractivity contribution in [3.8, 4) is 0 Å². The Bertz CT molecular complexity index is 424. The van der Waals surface area contributed by atoms with Crippen LogP contribution in [0.1, 0.15) is 36.9 Å². The molecule has 0 aliphatic carbocycles. The molecule has 0 aliphatic heterocycles. The SMILES string of the molecule is CCN(CC(=O)NC(C)C)C(=O)c1occc1C. The van der Waals surface area contributed by atoms with Crippen molar-refractivity contribution in [1.29, 1.82) is 0 Å². The topological polar surface area (TPSA) is 62.6 Å². The van der Waals surface area contributed by atoms with Crippen LogP contribution in [0.5, 0.6) is 0 Å². The monoisotopic (exact) mass is 252 g/mol. The van der Waals surface area contributed by atoms with Crippen molar-refractivity contribution in [2.45, 2.75) is 33.7 Å². The second kappa shape index (κ2) is 6.23. The first-order valence-corrected chi connectivity index (χ1v) is 6.08. The summed E-state index contributed by atoms with van der Waals surface area (Å²) in [5, 5.41) is 2.76. The normalized spacial score (nSPS) is 10.5. The van der Waals surface area contributed by atoms with Gasteiger partial charge in [0.05, 0.1) is 12.8 Å². The van der Waals surface area contributed by atoms with E-state index in [9.17, 15) is 9.59 Å². The summed E-state index contributed by atoms with van der Waals surface area (Å²) in [7, 11) is 0. The fourth-order valence-corrected chi connectivity index (χ4v) is 1.60. The highest BCUT2D eigenvalue weighted by Gasteiger charge is 2.21. The van der Waals surface area contributed by atoms with Gasteiger partial charge >= 0.3 is 0 Å². The van der Waals surface area contributed by atoms with Crippen LogP contribution in [-0.4, -0.2) is 35.8 Å². The fourth-order valence-electron chi connectivity index (χ4n) is 1.60. The number of furan rings is 1. The summed E-state index contributed by atoms with van der Waals surface area (Å²) in [6, 6.07) is 1.80. The Hall–Kier alpha value is -1.78. The molecule has 0 bridgehead atoms. The van der Waals surface area contributed by atoms with E-state index in [2.05, 4.69) is 5.32 Å². The van der Waals surface area contributed by atoms with Crippen LogP contribution in [0.25, 0.3) is 0 Å². The Balaban J connectivity index is 2.70. The smallest absolute Gasteiger partial charge is 0.290 e. The molecule has 2 amide bonds. The van der Waals surface area contributed by atoms with Gasteiger partial charge in [-0.3, -0.25) is 9.59 Å². The van der Waals surface area contributed by atoms with Crippen molar-refractivity contribution in [1.82, 2.24) is 10.2 Å². The average Bonchev–Trinajstić information content (AvgIpc) is 2.70. The second-order valence-electron chi connectivity index (χ2n) is 4.47. The van der Waals surface area contributed by atoms with Crippen LogP contribution < -0.4 is 5.32 Å². The molecule has 1 aromatic rings. The molecule has 1 N–H and O–H groups in total. The molecule has 0 aromatic carbocycles. The zero-order chi connectivity index (χ0) is 13.7. The first kappa shape index (κ1) is 14.3. The van der Waals surface area contributed by atoms with E-state index < -0.39 is 0 Å². The van der Waals surface area contributed by atoms with Gasteiger partial charge in [0.1, 0.15) is 0 Å². The molecule has 0 fully saturated rings. The number of rotatable bonds is 5. The van der Waals surface area contributed by atoms with Crippen LogP contribution >= 0.6 is 0 Å². The van der Waals surface area contributed by atoms with E-state index in [4.69, 9.17) is 4.42 Å². The first-order valence-electron chi connectivity index (χ1n) is 6.08. The Morgan fingerprint density at radius 3 is 2.56 bits per heavy atom. The summed E-state index contributed by atoms with van der Waals surface area (Å²) in [4.78, 5) is 25.2. The van der Waals surface area contributed by atoms with E-state index in [1.54, 1.807) is 13.0 Å². The number of carbonyl (C=O) groups is 2. The second-order valence-corrected chi connectivity index (χ2v) is 4.47. The predicted molar refractivity (Wildman–Crippen MR) is 68.3 cm³/mol. The predicted octanol–water partition coefficient (Wildman–Crippen LogP) is 1.57. The number of hydrogen-bond acceptors (Lipinski definition) is 3. The summed E-state index contributed by atoms with van der Waals surface area (Å²) in [5.41, 5.74) is 0.780. The molecule has 5 heteroatoms. The zero-order valence-corrected chi connectivity index (χ0v) is 11.3. The molecule has 5 nitrogen and oxygen atoms in total. The molecule has 0 unspecified atom stereocenters. The highest BCUT2D eigenvalue weighted by atomic mass is 16.3. The number of nitrogens with one attached hydrogen (secondary N) is 1. The largest absolute Gasteiger partial charge is 0.459 e. The Morgan fingerprint density at radius 1 is 1.44 bits per heavy atom. The van der Waals surface area contributed by atoms with Gasteiger partial charge in [-0.25, -0.2) is 0 Å². The van der Waals surface area contributed by atoms with Gasteiger partial charge in [0.2, 0.25) is 5.91 Å². The van der Waals surface area contributed by atoms with Crippen LogP contribution in [0, 0.1) is 6.92 Å². The lowest BCUT2D eigenvalue weighted by Gasteiger charge is -2.20. The molecular weight excluding hydrogens is 232 g/mol. The van der Waals surface area contributed by atoms with E-state index in [0.717, 1.165) is 5.56 Å². The lowest BCUT2D eigenvalue weighted by molar-refractivity contribution is -0.122. The molecule has 1 aromatic heterocycles. The summed E-state index contributed by atoms with van der Waals surface area (Å²) in [6.45, 7) is 7.91. The van der Waals surface area contributed by atoms with E-state index in [0.29, 0.717) is 12.3 Å². The van der Waals surface area contributed by atoms with Crippen molar-refractivity contribution in [2.75, 3.05) is 13.1 Å². The number of hydrogen-bond donors (Lipinski definition) is 1. The first-order chi connectivity index (χ1) is 8.45. The third-order valence-electron chi connectivity index (χ3n) is 2.51. The molecule has 0 radical (unpaired) electrons. The van der Waals surface area contributed by atoms with Crippen molar-refractivity contribution in [3.63, 3.8) is 0 Å². The molecular formula is C13H20N2O3. The van der Waals surface area contributed by atoms with Crippen molar-refractivity contribution < 1.29 is 14.0 Å². The third-order valence-corrected chi connectivity index (χ3v) is 2.51. The summed E-state index contributed by atoms with van der Waals surface area (Å²) in [6.07, 6.45) is 1.48. The molecule has 0 aliphatic rings. The highest BCUT2D eigenvalue weighted by molar-refractivity contribution is 5.95. The molecule has 18 heavy (non-hydrogen) atoms. The quantitative estimate of drug-likeness (QED) is 0.865. The minimum Gasteiger partial charge on any atom is -0.459 e. The van der Waals surface area contributed by atoms with Crippen LogP contribution in [0.4, 0.5) is 0 Å². The number of nitrogens with zero attached hydrogens (tertiary/aromatic N) is 1. The van der Waals surface area contributed by atoms with Gasteiger partial charge in [0.25, 0.3) is 5.91 Å². The molecule has 0 spiro atoms. The lowest BCUT2D eigenvalue weighted by atomic mass is 10.2. The Labute approximate surface area is 107 Å². The minimum absolute atomic E-state index is 0.0493. The summed E-state index contributed by atoms with van der Waals surface area (Å²) >= 11 is 0. The number of likely N-dealkylation sites (N-methyl/N-ethyl adjacent to an activating group) is 1. The molecule has 1 heterocycles. The highest BCUT2D eigenvalue weighted by Crippen LogP contribution is 2.11. The van der Waals surface area contributed by atoms with Gasteiger partial charge in [-0.05, 0) is 33.8 Å². The maximum atomic E-state index is 12.1.